The first-order chi connectivity index (χ1) is 16.9. The summed E-state index contributed by atoms with van der Waals surface area (Å²) in [6.45, 7) is 7.58. The number of sulfonamides is 1. The molecule has 0 unspecified atom stereocenters. The zero-order valence-electron chi connectivity index (χ0n) is 21.4. The molecule has 0 saturated heterocycles. The average molecular weight is 557 g/mol. The third-order valence-corrected chi connectivity index (χ3v) is 7.63. The van der Waals surface area contributed by atoms with E-state index in [0.717, 1.165) is 11.8 Å². The maximum atomic E-state index is 13.5. The number of anilines is 1. The van der Waals surface area contributed by atoms with Gasteiger partial charge in [-0.2, -0.15) is 0 Å². The maximum absolute atomic E-state index is 13.5. The molecular weight excluding hydrogens is 521 g/mol. The lowest BCUT2D eigenvalue weighted by atomic mass is 10.1. The Hall–Kier alpha value is -2.29. The van der Waals surface area contributed by atoms with Crippen LogP contribution in [0.3, 0.4) is 0 Å². The Balaban J connectivity index is 2.29. The monoisotopic (exact) mass is 555 g/mol. The third-order valence-electron chi connectivity index (χ3n) is 5.74. The molecule has 2 rings (SSSR count). The number of aryl methyl sites for hydroxylation is 1. The molecule has 0 aromatic heterocycles. The molecule has 2 aromatic carbocycles. The maximum Gasteiger partial charge on any atom is 0.243 e. The summed E-state index contributed by atoms with van der Waals surface area (Å²) in [5.41, 5.74) is 1.96. The van der Waals surface area contributed by atoms with Gasteiger partial charge in [0, 0.05) is 41.2 Å². The predicted octanol–water partition coefficient (Wildman–Crippen LogP) is 5.18. The second-order valence-electron chi connectivity index (χ2n) is 9.03. The lowest BCUT2D eigenvalue weighted by molar-refractivity contribution is -0.141. The zero-order valence-corrected chi connectivity index (χ0v) is 23.8. The molecule has 1 N–H and O–H groups in total. The molecule has 0 aliphatic carbocycles. The van der Waals surface area contributed by atoms with Crippen LogP contribution in [0.1, 0.15) is 51.2 Å². The van der Waals surface area contributed by atoms with E-state index in [0.29, 0.717) is 27.7 Å². The molecule has 0 saturated carbocycles. The van der Waals surface area contributed by atoms with Crippen molar-refractivity contribution in [2.45, 2.75) is 65.6 Å². The highest BCUT2D eigenvalue weighted by Crippen LogP contribution is 2.28. The van der Waals surface area contributed by atoms with Crippen LogP contribution in [0.2, 0.25) is 10.0 Å². The lowest BCUT2D eigenvalue weighted by Gasteiger charge is -2.32. The predicted molar refractivity (Wildman–Crippen MR) is 147 cm³/mol. The van der Waals surface area contributed by atoms with Crippen molar-refractivity contribution < 1.29 is 18.0 Å². The van der Waals surface area contributed by atoms with Gasteiger partial charge < -0.3 is 10.2 Å². The van der Waals surface area contributed by atoms with E-state index in [-0.39, 0.29) is 43.8 Å². The quantitative estimate of drug-likeness (QED) is 0.391. The van der Waals surface area contributed by atoms with Crippen molar-refractivity contribution in [2.24, 2.45) is 0 Å². The summed E-state index contributed by atoms with van der Waals surface area (Å²) in [5.74, 6) is -0.545. The van der Waals surface area contributed by atoms with Gasteiger partial charge in [-0.1, -0.05) is 54.4 Å². The summed E-state index contributed by atoms with van der Waals surface area (Å²) < 4.78 is 26.3. The lowest BCUT2D eigenvalue weighted by Crippen LogP contribution is -2.50. The number of hydrogen-bond donors (Lipinski definition) is 1. The summed E-state index contributed by atoms with van der Waals surface area (Å²) in [6, 6.07) is 11.5. The van der Waals surface area contributed by atoms with Crippen molar-refractivity contribution in [1.82, 2.24) is 10.2 Å². The van der Waals surface area contributed by atoms with Crippen LogP contribution in [0.5, 0.6) is 0 Å². The van der Waals surface area contributed by atoms with Gasteiger partial charge in [-0.3, -0.25) is 13.9 Å². The normalized spacial score (nSPS) is 12.3. The summed E-state index contributed by atoms with van der Waals surface area (Å²) >= 11 is 12.7. The standard InChI is InChI=1S/C26H35Cl2N3O4S/c1-6-23(26(33)29-18(2)3)30(17-20-21(27)12-9-13-22(20)28)25(32)15-10-16-31(36(5,34)35)24-14-8-7-11-19(24)4/h7-9,11-14,18,23H,6,10,15-17H2,1-5H3,(H,29,33)/t23-/m1/s1. The number of nitrogens with zero attached hydrogens (tertiary/aromatic N) is 2. The first-order valence-corrected chi connectivity index (χ1v) is 14.5. The molecular formula is C26H35Cl2N3O4S. The number of benzene rings is 2. The van der Waals surface area contributed by atoms with Crippen molar-refractivity contribution in [2.75, 3.05) is 17.1 Å². The highest BCUT2D eigenvalue weighted by molar-refractivity contribution is 7.92. The number of rotatable bonds is 12. The number of amides is 2. The molecule has 0 spiro atoms. The summed E-state index contributed by atoms with van der Waals surface area (Å²) in [5, 5.41) is 3.69. The van der Waals surface area contributed by atoms with E-state index in [9.17, 15) is 18.0 Å². The minimum Gasteiger partial charge on any atom is -0.352 e. The number of carbonyl (C=O) groups is 2. The molecule has 7 nitrogen and oxygen atoms in total. The van der Waals surface area contributed by atoms with Crippen LogP contribution in [0, 0.1) is 6.92 Å². The Morgan fingerprint density at radius 1 is 1.03 bits per heavy atom. The number of hydrogen-bond acceptors (Lipinski definition) is 4. The number of para-hydroxylation sites is 1. The first-order valence-electron chi connectivity index (χ1n) is 11.9. The summed E-state index contributed by atoms with van der Waals surface area (Å²) in [6.07, 6.45) is 1.86. The van der Waals surface area contributed by atoms with Gasteiger partial charge in [0.25, 0.3) is 0 Å². The minimum absolute atomic E-state index is 0.0471. The Morgan fingerprint density at radius 3 is 2.17 bits per heavy atom. The molecule has 0 heterocycles. The Labute approximate surface area is 224 Å². The van der Waals surface area contributed by atoms with Crippen LogP contribution >= 0.6 is 23.2 Å². The largest absolute Gasteiger partial charge is 0.352 e. The second-order valence-corrected chi connectivity index (χ2v) is 11.8. The van der Waals surface area contributed by atoms with Crippen molar-refractivity contribution >= 4 is 50.7 Å². The number of nitrogens with one attached hydrogen (secondary N) is 1. The van der Waals surface area contributed by atoms with E-state index in [2.05, 4.69) is 5.32 Å². The average Bonchev–Trinajstić information content (AvgIpc) is 2.77. The molecule has 0 aliphatic rings. The van der Waals surface area contributed by atoms with Crippen LogP contribution in [-0.4, -0.2) is 50.0 Å². The SMILES string of the molecule is CC[C@H](C(=O)NC(C)C)N(Cc1c(Cl)cccc1Cl)C(=O)CCCN(c1ccccc1C)S(C)(=O)=O. The van der Waals surface area contributed by atoms with E-state index >= 15 is 0 Å². The minimum atomic E-state index is -3.56. The van der Waals surface area contributed by atoms with Crippen LogP contribution < -0.4 is 9.62 Å². The van der Waals surface area contributed by atoms with E-state index < -0.39 is 16.1 Å². The first kappa shape index (κ1) is 29.9. The van der Waals surface area contributed by atoms with Crippen LogP contribution in [-0.2, 0) is 26.2 Å². The van der Waals surface area contributed by atoms with E-state index in [1.165, 1.54) is 9.21 Å². The van der Waals surface area contributed by atoms with Gasteiger partial charge in [0.1, 0.15) is 6.04 Å². The highest BCUT2D eigenvalue weighted by Gasteiger charge is 2.30. The van der Waals surface area contributed by atoms with E-state index in [1.54, 1.807) is 30.3 Å². The van der Waals surface area contributed by atoms with Gasteiger partial charge in [0.05, 0.1) is 11.9 Å². The Bertz CT molecular complexity index is 1150. The van der Waals surface area contributed by atoms with Gasteiger partial charge in [0.15, 0.2) is 0 Å². The molecule has 2 amide bonds. The molecule has 0 aliphatic heterocycles. The molecule has 10 heteroatoms. The summed E-state index contributed by atoms with van der Waals surface area (Å²) in [4.78, 5) is 27.9. The number of carbonyl (C=O) groups excluding carboxylic acids is 2. The zero-order chi connectivity index (χ0) is 27.0. The van der Waals surface area contributed by atoms with Crippen LogP contribution in [0.15, 0.2) is 42.5 Å². The molecule has 1 atom stereocenters. The van der Waals surface area contributed by atoms with Gasteiger partial charge in [0.2, 0.25) is 21.8 Å². The molecule has 0 bridgehead atoms. The molecule has 36 heavy (non-hydrogen) atoms. The molecule has 0 fully saturated rings. The third kappa shape index (κ3) is 8.11. The van der Waals surface area contributed by atoms with Gasteiger partial charge in [-0.05, 0) is 57.4 Å². The topological polar surface area (TPSA) is 86.8 Å². The van der Waals surface area contributed by atoms with E-state index in [4.69, 9.17) is 23.2 Å². The van der Waals surface area contributed by atoms with E-state index in [1.807, 2.05) is 39.8 Å². The van der Waals surface area contributed by atoms with Gasteiger partial charge >= 0.3 is 0 Å². The summed E-state index contributed by atoms with van der Waals surface area (Å²) in [7, 11) is -3.56. The van der Waals surface area contributed by atoms with Crippen LogP contribution in [0.25, 0.3) is 0 Å². The molecule has 198 valence electrons. The van der Waals surface area contributed by atoms with Gasteiger partial charge in [-0.25, -0.2) is 8.42 Å². The fourth-order valence-electron chi connectivity index (χ4n) is 3.98. The van der Waals surface area contributed by atoms with Crippen molar-refractivity contribution in [3.8, 4) is 0 Å². The van der Waals surface area contributed by atoms with Crippen molar-refractivity contribution in [3.63, 3.8) is 0 Å². The van der Waals surface area contributed by atoms with Crippen molar-refractivity contribution in [3.05, 3.63) is 63.6 Å². The second kappa shape index (κ2) is 13.3. The Kier molecular flexibility index (Phi) is 11.1. The molecule has 0 radical (unpaired) electrons. The number of halogens is 2. The van der Waals surface area contributed by atoms with Crippen LogP contribution in [0.4, 0.5) is 5.69 Å². The Morgan fingerprint density at radius 2 is 1.64 bits per heavy atom. The fraction of sp³-hybridized carbons (Fsp3) is 0.462. The smallest absolute Gasteiger partial charge is 0.243 e. The molecule has 2 aromatic rings. The fourth-order valence-corrected chi connectivity index (χ4v) is 5.52. The van der Waals surface area contributed by atoms with Crippen molar-refractivity contribution in [1.29, 1.82) is 0 Å². The highest BCUT2D eigenvalue weighted by atomic mass is 35.5. The van der Waals surface area contributed by atoms with Gasteiger partial charge in [-0.15, -0.1) is 0 Å².